The minimum atomic E-state index is -0.341. The molecule has 3 rings (SSSR count). The lowest BCUT2D eigenvalue weighted by molar-refractivity contribution is -0.133. The second kappa shape index (κ2) is 9.21. The number of benzene rings is 2. The Labute approximate surface area is 163 Å². The van der Waals surface area contributed by atoms with Crippen LogP contribution in [0.25, 0.3) is 0 Å². The number of anilines is 1. The highest BCUT2D eigenvalue weighted by Crippen LogP contribution is 2.28. The van der Waals surface area contributed by atoms with E-state index in [9.17, 15) is 14.0 Å². The predicted octanol–water partition coefficient (Wildman–Crippen LogP) is 1.84. The molecule has 0 unspecified atom stereocenters. The van der Waals surface area contributed by atoms with Crippen LogP contribution < -0.4 is 15.0 Å². The summed E-state index contributed by atoms with van der Waals surface area (Å²) >= 11 is 0. The van der Waals surface area contributed by atoms with Crippen LogP contribution >= 0.6 is 0 Å². The molecule has 1 saturated heterocycles. The molecule has 0 bridgehead atoms. The van der Waals surface area contributed by atoms with Crippen LogP contribution in [-0.2, 0) is 16.0 Å². The van der Waals surface area contributed by atoms with Gasteiger partial charge >= 0.3 is 0 Å². The molecule has 28 heavy (non-hydrogen) atoms. The summed E-state index contributed by atoms with van der Waals surface area (Å²) in [6, 6.07) is 13.6. The first-order valence-corrected chi connectivity index (χ1v) is 9.23. The Hall–Kier alpha value is -3.09. The third-order valence-electron chi connectivity index (χ3n) is 4.77. The fourth-order valence-electron chi connectivity index (χ4n) is 3.22. The van der Waals surface area contributed by atoms with Crippen LogP contribution in [0.15, 0.2) is 48.5 Å². The summed E-state index contributed by atoms with van der Waals surface area (Å²) in [5.74, 6) is 0.113. The lowest BCUT2D eigenvalue weighted by Crippen LogP contribution is -2.51. The van der Waals surface area contributed by atoms with Crippen molar-refractivity contribution in [1.29, 1.82) is 0 Å². The molecular weight excluding hydrogens is 361 g/mol. The van der Waals surface area contributed by atoms with Crippen molar-refractivity contribution >= 4 is 17.5 Å². The van der Waals surface area contributed by atoms with Gasteiger partial charge in [0.15, 0.2) is 0 Å². The smallest absolute Gasteiger partial charge is 0.242 e. The van der Waals surface area contributed by atoms with Crippen molar-refractivity contribution in [1.82, 2.24) is 10.2 Å². The molecule has 148 valence electrons. The molecule has 0 spiro atoms. The predicted molar refractivity (Wildman–Crippen MR) is 105 cm³/mol. The highest BCUT2D eigenvalue weighted by molar-refractivity contribution is 5.85. The molecule has 1 heterocycles. The number of rotatable bonds is 6. The average molecular weight is 385 g/mol. The van der Waals surface area contributed by atoms with Crippen molar-refractivity contribution in [2.24, 2.45) is 0 Å². The second-order valence-corrected chi connectivity index (χ2v) is 6.62. The van der Waals surface area contributed by atoms with Gasteiger partial charge in [-0.05, 0) is 29.8 Å². The van der Waals surface area contributed by atoms with Crippen molar-refractivity contribution in [3.8, 4) is 5.75 Å². The fraction of sp³-hybridized carbons (Fsp3) is 0.333. The second-order valence-electron chi connectivity index (χ2n) is 6.62. The lowest BCUT2D eigenvalue weighted by Gasteiger charge is -2.36. The van der Waals surface area contributed by atoms with Gasteiger partial charge in [0, 0.05) is 26.2 Å². The maximum absolute atomic E-state index is 12.9. The third-order valence-corrected chi connectivity index (χ3v) is 4.77. The Kier molecular flexibility index (Phi) is 6.47. The average Bonchev–Trinajstić information content (AvgIpc) is 2.73. The van der Waals surface area contributed by atoms with Crippen LogP contribution in [-0.4, -0.2) is 56.5 Å². The van der Waals surface area contributed by atoms with E-state index < -0.39 is 0 Å². The highest BCUT2D eigenvalue weighted by Gasteiger charge is 2.23. The maximum atomic E-state index is 12.9. The number of nitrogens with one attached hydrogen (secondary N) is 1. The standard InChI is InChI=1S/C21H24FN3O3/c1-28-19-5-3-2-4-18(19)24-10-12-25(13-11-24)21(27)15-23-20(26)14-16-6-8-17(22)9-7-16/h2-9H,10-15H2,1H3,(H,23,26). The van der Waals surface area contributed by atoms with E-state index in [1.165, 1.54) is 12.1 Å². The molecular formula is C21H24FN3O3. The van der Waals surface area contributed by atoms with Gasteiger partial charge in [0.25, 0.3) is 0 Å². The van der Waals surface area contributed by atoms with Crippen LogP contribution in [0.2, 0.25) is 0 Å². The van der Waals surface area contributed by atoms with Crippen LogP contribution in [0.3, 0.4) is 0 Å². The lowest BCUT2D eigenvalue weighted by atomic mass is 10.1. The largest absolute Gasteiger partial charge is 0.495 e. The Bertz CT molecular complexity index is 818. The number of ether oxygens (including phenoxy) is 1. The number of para-hydroxylation sites is 2. The molecule has 2 amide bonds. The number of halogens is 1. The van der Waals surface area contributed by atoms with E-state index in [-0.39, 0.29) is 30.6 Å². The molecule has 1 aliphatic heterocycles. The first-order chi connectivity index (χ1) is 13.6. The summed E-state index contributed by atoms with van der Waals surface area (Å²) in [5, 5.41) is 2.65. The summed E-state index contributed by atoms with van der Waals surface area (Å²) < 4.78 is 18.3. The molecule has 7 heteroatoms. The zero-order valence-corrected chi connectivity index (χ0v) is 15.9. The quantitative estimate of drug-likeness (QED) is 0.824. The summed E-state index contributed by atoms with van der Waals surface area (Å²) in [5.41, 5.74) is 1.72. The molecule has 1 N–H and O–H groups in total. The number of hydrogen-bond acceptors (Lipinski definition) is 4. The first kappa shape index (κ1) is 19.7. The third kappa shape index (κ3) is 5.00. The fourth-order valence-corrected chi connectivity index (χ4v) is 3.22. The van der Waals surface area contributed by atoms with E-state index >= 15 is 0 Å². The van der Waals surface area contributed by atoms with Gasteiger partial charge in [-0.3, -0.25) is 9.59 Å². The molecule has 0 saturated carbocycles. The van der Waals surface area contributed by atoms with Gasteiger partial charge < -0.3 is 19.9 Å². The van der Waals surface area contributed by atoms with Crippen LogP contribution in [0.4, 0.5) is 10.1 Å². The van der Waals surface area contributed by atoms with Crippen LogP contribution in [0.1, 0.15) is 5.56 Å². The Morgan fingerprint density at radius 3 is 2.39 bits per heavy atom. The van der Waals surface area contributed by atoms with E-state index in [1.807, 2.05) is 24.3 Å². The Morgan fingerprint density at radius 1 is 1.04 bits per heavy atom. The molecule has 0 atom stereocenters. The van der Waals surface area contributed by atoms with Crippen molar-refractivity contribution < 1.29 is 18.7 Å². The molecule has 0 aromatic heterocycles. The number of piperazine rings is 1. The van der Waals surface area contributed by atoms with Gasteiger partial charge in [0.1, 0.15) is 11.6 Å². The van der Waals surface area contributed by atoms with Crippen molar-refractivity contribution in [2.45, 2.75) is 6.42 Å². The number of nitrogens with zero attached hydrogens (tertiary/aromatic N) is 2. The van der Waals surface area contributed by atoms with Crippen molar-refractivity contribution in [3.05, 3.63) is 59.9 Å². The van der Waals surface area contributed by atoms with Crippen molar-refractivity contribution in [3.63, 3.8) is 0 Å². The minimum absolute atomic E-state index is 0.0330. The number of amides is 2. The van der Waals surface area contributed by atoms with Gasteiger partial charge in [-0.2, -0.15) is 0 Å². The van der Waals surface area contributed by atoms with Gasteiger partial charge in [-0.15, -0.1) is 0 Å². The summed E-state index contributed by atoms with van der Waals surface area (Å²) in [4.78, 5) is 28.3. The first-order valence-electron chi connectivity index (χ1n) is 9.23. The molecule has 0 aliphatic carbocycles. The highest BCUT2D eigenvalue weighted by atomic mass is 19.1. The Morgan fingerprint density at radius 2 is 1.71 bits per heavy atom. The topological polar surface area (TPSA) is 61.9 Å². The maximum Gasteiger partial charge on any atom is 0.242 e. The monoisotopic (exact) mass is 385 g/mol. The van der Waals surface area contributed by atoms with E-state index in [4.69, 9.17) is 4.74 Å². The minimum Gasteiger partial charge on any atom is -0.495 e. The summed E-state index contributed by atoms with van der Waals surface area (Å²) in [6.07, 6.45) is 0.120. The van der Waals surface area contributed by atoms with Gasteiger partial charge in [0.2, 0.25) is 11.8 Å². The summed E-state index contributed by atoms with van der Waals surface area (Å²) in [7, 11) is 1.65. The molecule has 0 radical (unpaired) electrons. The molecule has 2 aromatic carbocycles. The molecule has 1 aliphatic rings. The number of hydrogen-bond donors (Lipinski definition) is 1. The molecule has 6 nitrogen and oxygen atoms in total. The van der Waals surface area contributed by atoms with Gasteiger partial charge in [-0.25, -0.2) is 4.39 Å². The van der Waals surface area contributed by atoms with Crippen molar-refractivity contribution in [2.75, 3.05) is 44.7 Å². The molecule has 2 aromatic rings. The summed E-state index contributed by atoms with van der Waals surface area (Å²) in [6.45, 7) is 2.55. The SMILES string of the molecule is COc1ccccc1N1CCN(C(=O)CNC(=O)Cc2ccc(F)cc2)CC1. The van der Waals surface area contributed by atoms with E-state index in [2.05, 4.69) is 10.2 Å². The Balaban J connectivity index is 1.45. The van der Waals surface area contributed by atoms with Gasteiger partial charge in [0.05, 0.1) is 25.8 Å². The number of methoxy groups -OCH3 is 1. The normalized spacial score (nSPS) is 13.9. The molecule has 1 fully saturated rings. The number of carbonyl (C=O) groups excluding carboxylic acids is 2. The zero-order chi connectivity index (χ0) is 19.9. The van der Waals surface area contributed by atoms with Crippen LogP contribution in [0, 0.1) is 5.82 Å². The number of carbonyl (C=O) groups is 2. The van der Waals surface area contributed by atoms with E-state index in [0.717, 1.165) is 11.4 Å². The van der Waals surface area contributed by atoms with E-state index in [1.54, 1.807) is 24.1 Å². The zero-order valence-electron chi connectivity index (χ0n) is 15.9. The van der Waals surface area contributed by atoms with Gasteiger partial charge in [-0.1, -0.05) is 24.3 Å². The van der Waals surface area contributed by atoms with Crippen LogP contribution in [0.5, 0.6) is 5.75 Å². The van der Waals surface area contributed by atoms with E-state index in [0.29, 0.717) is 31.7 Å².